The van der Waals surface area contributed by atoms with Crippen LogP contribution < -0.4 is 10.9 Å². The maximum Gasteiger partial charge on any atom is 0.271 e. The van der Waals surface area contributed by atoms with Gasteiger partial charge < -0.3 is 0 Å². The van der Waals surface area contributed by atoms with Crippen LogP contribution in [0.5, 0.6) is 0 Å². The van der Waals surface area contributed by atoms with Crippen LogP contribution in [0.15, 0.2) is 24.3 Å². The molecule has 5 heteroatoms. The van der Waals surface area contributed by atoms with Gasteiger partial charge in [0, 0.05) is 5.92 Å². The first-order chi connectivity index (χ1) is 9.68. The smallest absolute Gasteiger partial charge is 0.271 e. The lowest BCUT2D eigenvalue weighted by Gasteiger charge is -2.08. The van der Waals surface area contributed by atoms with Crippen molar-refractivity contribution in [3.8, 4) is 0 Å². The molecule has 0 heterocycles. The Morgan fingerprint density at radius 3 is 2.35 bits per heavy atom. The van der Waals surface area contributed by atoms with E-state index in [9.17, 15) is 9.59 Å². The number of hydrogen-bond acceptors (Lipinski definition) is 2. The Morgan fingerprint density at radius 2 is 1.70 bits per heavy atom. The molecule has 2 aliphatic carbocycles. The molecule has 2 N–H and O–H groups in total. The van der Waals surface area contributed by atoms with Gasteiger partial charge in [0.15, 0.2) is 0 Å². The first-order valence-electron chi connectivity index (χ1n) is 7.03. The normalized spacial score (nSPS) is 27.4. The summed E-state index contributed by atoms with van der Waals surface area (Å²) < 4.78 is 0. The zero-order valence-electron chi connectivity index (χ0n) is 11.1. The van der Waals surface area contributed by atoms with Crippen LogP contribution in [0.2, 0.25) is 5.02 Å². The van der Waals surface area contributed by atoms with E-state index in [2.05, 4.69) is 10.9 Å². The minimum absolute atomic E-state index is 0.0673. The lowest BCUT2D eigenvalue weighted by molar-refractivity contribution is -0.123. The van der Waals surface area contributed by atoms with E-state index in [0.29, 0.717) is 22.4 Å². The summed E-state index contributed by atoms with van der Waals surface area (Å²) in [5.74, 6) is 0.695. The van der Waals surface area contributed by atoms with Gasteiger partial charge in [-0.2, -0.15) is 0 Å². The number of carbonyl (C=O) groups is 2. The van der Waals surface area contributed by atoms with Crippen molar-refractivity contribution in [3.05, 3.63) is 34.9 Å². The molecule has 1 aromatic carbocycles. The van der Waals surface area contributed by atoms with E-state index >= 15 is 0 Å². The van der Waals surface area contributed by atoms with E-state index in [1.54, 1.807) is 24.3 Å². The molecule has 3 rings (SSSR count). The molecule has 2 fully saturated rings. The number of rotatable bonds is 2. The highest BCUT2D eigenvalue weighted by atomic mass is 35.5. The topological polar surface area (TPSA) is 58.2 Å². The summed E-state index contributed by atoms with van der Waals surface area (Å²) in [7, 11) is 0. The number of benzene rings is 1. The number of nitrogens with one attached hydrogen (secondary N) is 2. The van der Waals surface area contributed by atoms with Crippen molar-refractivity contribution < 1.29 is 9.59 Å². The highest BCUT2D eigenvalue weighted by Crippen LogP contribution is 2.55. The van der Waals surface area contributed by atoms with Crippen LogP contribution in [-0.2, 0) is 4.79 Å². The number of hydrogen-bond donors (Lipinski definition) is 2. The average molecular weight is 293 g/mol. The minimum Gasteiger partial charge on any atom is -0.273 e. The second-order valence-electron chi connectivity index (χ2n) is 5.56. The summed E-state index contributed by atoms with van der Waals surface area (Å²) in [6.07, 6.45) is 4.72. The highest BCUT2D eigenvalue weighted by Gasteiger charge is 2.54. The fourth-order valence-electron chi connectivity index (χ4n) is 3.30. The van der Waals surface area contributed by atoms with Gasteiger partial charge in [-0.3, -0.25) is 20.4 Å². The van der Waals surface area contributed by atoms with Crippen LogP contribution >= 0.6 is 11.6 Å². The van der Waals surface area contributed by atoms with Gasteiger partial charge in [0.05, 0.1) is 10.6 Å². The molecular weight excluding hydrogens is 276 g/mol. The van der Waals surface area contributed by atoms with Crippen molar-refractivity contribution in [2.75, 3.05) is 0 Å². The monoisotopic (exact) mass is 292 g/mol. The minimum atomic E-state index is -0.382. The van der Waals surface area contributed by atoms with Gasteiger partial charge in [-0.15, -0.1) is 0 Å². The van der Waals surface area contributed by atoms with E-state index in [-0.39, 0.29) is 17.7 Å². The van der Waals surface area contributed by atoms with Gasteiger partial charge >= 0.3 is 0 Å². The van der Waals surface area contributed by atoms with Crippen molar-refractivity contribution in [1.29, 1.82) is 0 Å². The summed E-state index contributed by atoms with van der Waals surface area (Å²) in [6, 6.07) is 6.76. The highest BCUT2D eigenvalue weighted by molar-refractivity contribution is 6.33. The molecule has 2 aliphatic rings. The predicted molar refractivity (Wildman–Crippen MR) is 76.0 cm³/mol. The van der Waals surface area contributed by atoms with Crippen LogP contribution in [0.1, 0.15) is 36.0 Å². The maximum absolute atomic E-state index is 12.0. The van der Waals surface area contributed by atoms with Crippen molar-refractivity contribution >= 4 is 23.4 Å². The number of amides is 2. The van der Waals surface area contributed by atoms with Crippen LogP contribution in [0.25, 0.3) is 0 Å². The van der Waals surface area contributed by atoms with E-state index in [0.717, 1.165) is 12.8 Å². The summed E-state index contributed by atoms with van der Waals surface area (Å²) in [5.41, 5.74) is 5.34. The SMILES string of the molecule is O=C(NNC(=O)C1[C@@H]2CCCC[C@@H]12)c1ccccc1Cl. The molecule has 0 saturated heterocycles. The summed E-state index contributed by atoms with van der Waals surface area (Å²) >= 11 is 5.94. The van der Waals surface area contributed by atoms with Gasteiger partial charge in [-0.05, 0) is 36.8 Å². The molecule has 0 bridgehead atoms. The molecule has 0 spiro atoms. The van der Waals surface area contributed by atoms with Crippen LogP contribution in [-0.4, -0.2) is 11.8 Å². The quantitative estimate of drug-likeness (QED) is 0.823. The third kappa shape index (κ3) is 2.52. The van der Waals surface area contributed by atoms with E-state index in [1.165, 1.54) is 12.8 Å². The third-order valence-corrected chi connectivity index (χ3v) is 4.71. The van der Waals surface area contributed by atoms with Gasteiger partial charge in [0.25, 0.3) is 5.91 Å². The summed E-state index contributed by atoms with van der Waals surface area (Å²) in [6.45, 7) is 0. The number of hydrazine groups is 1. The number of carbonyl (C=O) groups excluding carboxylic acids is 2. The molecule has 1 aromatic rings. The molecule has 0 radical (unpaired) electrons. The van der Waals surface area contributed by atoms with Crippen LogP contribution in [0, 0.1) is 17.8 Å². The fourth-order valence-corrected chi connectivity index (χ4v) is 3.52. The lowest BCUT2D eigenvalue weighted by atomic mass is 10.0. The zero-order valence-corrected chi connectivity index (χ0v) is 11.8. The van der Waals surface area contributed by atoms with Gasteiger partial charge in [0.2, 0.25) is 5.91 Å². The van der Waals surface area contributed by atoms with Crippen molar-refractivity contribution in [2.45, 2.75) is 25.7 Å². The molecule has 106 valence electrons. The average Bonchev–Trinajstić information content (AvgIpc) is 3.19. The summed E-state index contributed by atoms with van der Waals surface area (Å²) in [5, 5.41) is 0.374. The van der Waals surface area contributed by atoms with Gasteiger partial charge in [-0.25, -0.2) is 0 Å². The van der Waals surface area contributed by atoms with Crippen LogP contribution in [0.4, 0.5) is 0 Å². The zero-order chi connectivity index (χ0) is 14.1. The van der Waals surface area contributed by atoms with Crippen molar-refractivity contribution in [1.82, 2.24) is 10.9 Å². The number of fused-ring (bicyclic) bond motifs is 1. The Hall–Kier alpha value is -1.55. The Morgan fingerprint density at radius 1 is 1.05 bits per heavy atom. The number of halogens is 1. The molecule has 2 saturated carbocycles. The Bertz CT molecular complexity index is 534. The molecule has 0 aromatic heterocycles. The molecule has 2 amide bonds. The van der Waals surface area contributed by atoms with E-state index in [4.69, 9.17) is 11.6 Å². The van der Waals surface area contributed by atoms with Gasteiger partial charge in [0.1, 0.15) is 0 Å². The Balaban J connectivity index is 1.54. The van der Waals surface area contributed by atoms with Crippen molar-refractivity contribution in [3.63, 3.8) is 0 Å². The standard InChI is InChI=1S/C15H17ClN2O2/c16-12-8-4-3-7-11(12)14(19)17-18-15(20)13-9-5-1-2-6-10(9)13/h3-4,7-10,13H,1-2,5-6H2,(H,17,19)(H,18,20)/t9-,10-/m1/s1. The van der Waals surface area contributed by atoms with Gasteiger partial charge in [-0.1, -0.05) is 36.6 Å². The Labute approximate surface area is 122 Å². The summed E-state index contributed by atoms with van der Waals surface area (Å²) in [4.78, 5) is 24.0. The van der Waals surface area contributed by atoms with E-state index in [1.807, 2.05) is 0 Å². The second-order valence-corrected chi connectivity index (χ2v) is 5.97. The lowest BCUT2D eigenvalue weighted by Crippen LogP contribution is -2.43. The molecular formula is C15H17ClN2O2. The molecule has 0 unspecified atom stereocenters. The largest absolute Gasteiger partial charge is 0.273 e. The van der Waals surface area contributed by atoms with E-state index < -0.39 is 0 Å². The predicted octanol–water partition coefficient (Wildman–Crippen LogP) is 2.54. The molecule has 20 heavy (non-hydrogen) atoms. The second kappa shape index (κ2) is 5.44. The van der Waals surface area contributed by atoms with Crippen molar-refractivity contribution in [2.24, 2.45) is 17.8 Å². The first-order valence-corrected chi connectivity index (χ1v) is 7.41. The molecule has 2 atom stereocenters. The molecule has 4 nitrogen and oxygen atoms in total. The fraction of sp³-hybridized carbons (Fsp3) is 0.467. The third-order valence-electron chi connectivity index (χ3n) is 4.38. The molecule has 0 aliphatic heterocycles. The first kappa shape index (κ1) is 13.4. The maximum atomic E-state index is 12.0. The Kier molecular flexibility index (Phi) is 3.66. The van der Waals surface area contributed by atoms with Crippen LogP contribution in [0.3, 0.4) is 0 Å².